The van der Waals surface area contributed by atoms with Gasteiger partial charge in [-0.25, -0.2) is 0 Å². The van der Waals surface area contributed by atoms with E-state index in [0.29, 0.717) is 13.1 Å². The quantitative estimate of drug-likeness (QED) is 0.781. The molecule has 0 saturated carbocycles. The fraction of sp³-hybridized carbons (Fsp3) is 0.190. The summed E-state index contributed by atoms with van der Waals surface area (Å²) in [5.74, 6) is 0.371. The molecule has 3 aromatic carbocycles. The highest BCUT2D eigenvalue weighted by atomic mass is 16.3. The third kappa shape index (κ3) is 3.03. The van der Waals surface area contributed by atoms with Crippen molar-refractivity contribution in [3.63, 3.8) is 0 Å². The SMILES string of the molecule is O=C(c1cccc2ccccc12)N1CCN(c2ccc(O)cc2)CC1. The summed E-state index contributed by atoms with van der Waals surface area (Å²) in [4.78, 5) is 17.1. The maximum absolute atomic E-state index is 13.0. The van der Waals surface area contributed by atoms with E-state index in [1.165, 1.54) is 0 Å². The molecule has 0 unspecified atom stereocenters. The number of aromatic hydroxyl groups is 1. The lowest BCUT2D eigenvalue weighted by atomic mass is 10.0. The lowest BCUT2D eigenvalue weighted by molar-refractivity contribution is 0.0749. The molecule has 126 valence electrons. The largest absolute Gasteiger partial charge is 0.508 e. The molecule has 25 heavy (non-hydrogen) atoms. The van der Waals surface area contributed by atoms with Crippen molar-refractivity contribution in [2.75, 3.05) is 31.1 Å². The molecular weight excluding hydrogens is 312 g/mol. The summed E-state index contributed by atoms with van der Waals surface area (Å²) in [6.07, 6.45) is 0. The number of hydrogen-bond donors (Lipinski definition) is 1. The third-order valence-corrected chi connectivity index (χ3v) is 4.80. The van der Waals surface area contributed by atoms with E-state index in [0.717, 1.165) is 35.1 Å². The second kappa shape index (κ2) is 6.48. The number of amides is 1. The van der Waals surface area contributed by atoms with Crippen LogP contribution < -0.4 is 4.90 Å². The second-order valence-corrected chi connectivity index (χ2v) is 6.32. The van der Waals surface area contributed by atoms with Crippen molar-refractivity contribution >= 4 is 22.4 Å². The number of phenolic OH excluding ortho intramolecular Hbond substituents is 1. The number of benzene rings is 3. The topological polar surface area (TPSA) is 43.8 Å². The summed E-state index contributed by atoms with van der Waals surface area (Å²) in [5, 5.41) is 11.5. The summed E-state index contributed by atoms with van der Waals surface area (Å²) in [6, 6.07) is 21.1. The lowest BCUT2D eigenvalue weighted by Crippen LogP contribution is -2.48. The number of piperazine rings is 1. The molecule has 0 aromatic heterocycles. The Balaban J connectivity index is 1.50. The molecule has 1 aliphatic rings. The Morgan fingerprint density at radius 1 is 0.800 bits per heavy atom. The molecule has 0 atom stereocenters. The van der Waals surface area contributed by atoms with Crippen molar-refractivity contribution in [3.8, 4) is 5.75 Å². The van der Waals surface area contributed by atoms with Gasteiger partial charge < -0.3 is 14.9 Å². The Hall–Kier alpha value is -3.01. The van der Waals surface area contributed by atoms with Crippen LogP contribution >= 0.6 is 0 Å². The van der Waals surface area contributed by atoms with Crippen LogP contribution in [0.1, 0.15) is 10.4 Å². The summed E-state index contributed by atoms with van der Waals surface area (Å²) in [6.45, 7) is 2.98. The van der Waals surface area contributed by atoms with Gasteiger partial charge in [0.1, 0.15) is 5.75 Å². The Labute approximate surface area is 146 Å². The molecule has 0 radical (unpaired) electrons. The van der Waals surface area contributed by atoms with Crippen LogP contribution in [0.15, 0.2) is 66.7 Å². The Bertz CT molecular complexity index is 892. The molecule has 1 amide bonds. The normalized spacial score (nSPS) is 14.7. The number of hydrogen-bond acceptors (Lipinski definition) is 3. The summed E-state index contributed by atoms with van der Waals surface area (Å²) in [7, 11) is 0. The van der Waals surface area contributed by atoms with Crippen LogP contribution in [0.4, 0.5) is 5.69 Å². The number of rotatable bonds is 2. The van der Waals surface area contributed by atoms with Gasteiger partial charge in [0.2, 0.25) is 0 Å². The number of nitrogens with zero attached hydrogens (tertiary/aromatic N) is 2. The smallest absolute Gasteiger partial charge is 0.254 e. The second-order valence-electron chi connectivity index (χ2n) is 6.32. The Morgan fingerprint density at radius 2 is 1.48 bits per heavy atom. The molecule has 0 spiro atoms. The predicted octanol–water partition coefficient (Wildman–Crippen LogP) is 3.51. The van der Waals surface area contributed by atoms with Gasteiger partial charge in [-0.2, -0.15) is 0 Å². The van der Waals surface area contributed by atoms with Gasteiger partial charge in [-0.15, -0.1) is 0 Å². The number of anilines is 1. The predicted molar refractivity (Wildman–Crippen MR) is 100 cm³/mol. The first kappa shape index (κ1) is 15.5. The molecule has 1 aliphatic heterocycles. The molecule has 4 heteroatoms. The molecule has 1 N–H and O–H groups in total. The Kier molecular flexibility index (Phi) is 4.02. The highest BCUT2D eigenvalue weighted by molar-refractivity contribution is 6.07. The van der Waals surface area contributed by atoms with Crippen LogP contribution in [0.3, 0.4) is 0 Å². The molecule has 4 rings (SSSR count). The van der Waals surface area contributed by atoms with E-state index in [2.05, 4.69) is 4.90 Å². The molecule has 0 bridgehead atoms. The maximum atomic E-state index is 13.0. The van der Waals surface area contributed by atoms with E-state index < -0.39 is 0 Å². The van der Waals surface area contributed by atoms with E-state index >= 15 is 0 Å². The molecule has 3 aromatic rings. The molecule has 1 fully saturated rings. The van der Waals surface area contributed by atoms with Crippen LogP contribution in [-0.4, -0.2) is 42.1 Å². The van der Waals surface area contributed by atoms with E-state index in [-0.39, 0.29) is 11.7 Å². The highest BCUT2D eigenvalue weighted by Crippen LogP contribution is 2.23. The molecular formula is C21H20N2O2. The van der Waals surface area contributed by atoms with E-state index in [1.54, 1.807) is 12.1 Å². The number of carbonyl (C=O) groups is 1. The van der Waals surface area contributed by atoms with Gasteiger partial charge in [0.25, 0.3) is 5.91 Å². The first-order valence-corrected chi connectivity index (χ1v) is 8.53. The van der Waals surface area contributed by atoms with Crippen molar-refractivity contribution in [3.05, 3.63) is 72.3 Å². The van der Waals surface area contributed by atoms with Crippen LogP contribution in [0.2, 0.25) is 0 Å². The minimum atomic E-state index is 0.0992. The maximum Gasteiger partial charge on any atom is 0.254 e. The van der Waals surface area contributed by atoms with Crippen molar-refractivity contribution in [2.24, 2.45) is 0 Å². The fourth-order valence-electron chi connectivity index (χ4n) is 3.41. The van der Waals surface area contributed by atoms with Crippen molar-refractivity contribution < 1.29 is 9.90 Å². The molecule has 1 saturated heterocycles. The number of fused-ring (bicyclic) bond motifs is 1. The number of carbonyl (C=O) groups excluding carboxylic acids is 1. The zero-order valence-electron chi connectivity index (χ0n) is 13.9. The van der Waals surface area contributed by atoms with Gasteiger partial charge in [0.15, 0.2) is 0 Å². The van der Waals surface area contributed by atoms with Crippen LogP contribution in [0.25, 0.3) is 10.8 Å². The molecule has 0 aliphatic carbocycles. The minimum absolute atomic E-state index is 0.0992. The average molecular weight is 332 g/mol. The summed E-state index contributed by atoms with van der Waals surface area (Å²) >= 11 is 0. The van der Waals surface area contributed by atoms with Crippen molar-refractivity contribution in [1.29, 1.82) is 0 Å². The zero-order valence-corrected chi connectivity index (χ0v) is 13.9. The first-order valence-electron chi connectivity index (χ1n) is 8.53. The van der Waals surface area contributed by atoms with Gasteiger partial charge in [0, 0.05) is 37.4 Å². The average Bonchev–Trinajstić information content (AvgIpc) is 2.68. The van der Waals surface area contributed by atoms with E-state index in [4.69, 9.17) is 0 Å². The molecule has 1 heterocycles. The zero-order chi connectivity index (χ0) is 17.2. The van der Waals surface area contributed by atoms with Crippen LogP contribution in [0.5, 0.6) is 5.75 Å². The van der Waals surface area contributed by atoms with Gasteiger partial charge in [-0.1, -0.05) is 36.4 Å². The van der Waals surface area contributed by atoms with Crippen molar-refractivity contribution in [2.45, 2.75) is 0 Å². The number of phenols is 1. The van der Waals surface area contributed by atoms with Crippen LogP contribution in [0, 0.1) is 0 Å². The van der Waals surface area contributed by atoms with Gasteiger partial charge in [-0.05, 0) is 41.1 Å². The summed E-state index contributed by atoms with van der Waals surface area (Å²) in [5.41, 5.74) is 1.85. The molecule has 4 nitrogen and oxygen atoms in total. The standard InChI is InChI=1S/C21H20N2O2/c24-18-10-8-17(9-11-18)22-12-14-23(15-13-22)21(25)20-7-3-5-16-4-1-2-6-19(16)20/h1-11,24H,12-15H2. The van der Waals surface area contributed by atoms with Crippen molar-refractivity contribution in [1.82, 2.24) is 4.90 Å². The first-order chi connectivity index (χ1) is 12.2. The minimum Gasteiger partial charge on any atom is -0.508 e. The van der Waals surface area contributed by atoms with Gasteiger partial charge in [0.05, 0.1) is 0 Å². The van der Waals surface area contributed by atoms with Gasteiger partial charge in [-0.3, -0.25) is 4.79 Å². The fourth-order valence-corrected chi connectivity index (χ4v) is 3.41. The van der Waals surface area contributed by atoms with E-state index in [1.807, 2.05) is 59.5 Å². The van der Waals surface area contributed by atoms with Gasteiger partial charge >= 0.3 is 0 Å². The monoisotopic (exact) mass is 332 g/mol. The van der Waals surface area contributed by atoms with Crippen LogP contribution in [-0.2, 0) is 0 Å². The lowest BCUT2D eigenvalue weighted by Gasteiger charge is -2.36. The third-order valence-electron chi connectivity index (χ3n) is 4.80. The highest BCUT2D eigenvalue weighted by Gasteiger charge is 2.23. The Morgan fingerprint density at radius 3 is 2.24 bits per heavy atom. The van der Waals surface area contributed by atoms with E-state index in [9.17, 15) is 9.90 Å². The summed E-state index contributed by atoms with van der Waals surface area (Å²) < 4.78 is 0.